The molecular weight excluding hydrogens is 330 g/mol. The summed E-state index contributed by atoms with van der Waals surface area (Å²) in [6, 6.07) is 3.57. The van der Waals surface area contributed by atoms with Gasteiger partial charge in [0.2, 0.25) is 0 Å². The first-order chi connectivity index (χ1) is 11.8. The number of aliphatic hydroxyl groups excluding tert-OH is 1. The molecule has 0 aromatic heterocycles. The summed E-state index contributed by atoms with van der Waals surface area (Å²) in [5, 5.41) is 25.2. The summed E-state index contributed by atoms with van der Waals surface area (Å²) in [5.41, 5.74) is -0.0765. The zero-order valence-electron chi connectivity index (χ0n) is 14.4. The quantitative estimate of drug-likeness (QED) is 0.346. The molecule has 0 spiro atoms. The fourth-order valence-electron chi connectivity index (χ4n) is 1.83. The van der Waals surface area contributed by atoms with E-state index < -0.39 is 23.4 Å². The highest BCUT2D eigenvalue weighted by molar-refractivity contribution is 5.97. The Kier molecular flexibility index (Phi) is 7.80. The van der Waals surface area contributed by atoms with E-state index in [-0.39, 0.29) is 42.0 Å². The Hall–Kier alpha value is -2.68. The molecule has 25 heavy (non-hydrogen) atoms. The van der Waals surface area contributed by atoms with Crippen LogP contribution in [0.1, 0.15) is 31.1 Å². The van der Waals surface area contributed by atoms with Crippen molar-refractivity contribution >= 4 is 23.3 Å². The van der Waals surface area contributed by atoms with Gasteiger partial charge in [0.15, 0.2) is 6.61 Å². The molecule has 1 aromatic rings. The Labute approximate surface area is 145 Å². The fraction of sp³-hybridized carbons (Fsp3) is 0.500. The van der Waals surface area contributed by atoms with Gasteiger partial charge in [-0.3, -0.25) is 14.9 Å². The van der Waals surface area contributed by atoms with E-state index in [0.29, 0.717) is 0 Å². The summed E-state index contributed by atoms with van der Waals surface area (Å²) in [5.74, 6) is -1.09. The highest BCUT2D eigenvalue weighted by atomic mass is 16.6. The Morgan fingerprint density at radius 3 is 2.56 bits per heavy atom. The van der Waals surface area contributed by atoms with Gasteiger partial charge in [-0.1, -0.05) is 13.8 Å². The van der Waals surface area contributed by atoms with Gasteiger partial charge in [0, 0.05) is 30.4 Å². The van der Waals surface area contributed by atoms with E-state index in [4.69, 9.17) is 9.84 Å². The number of nitro groups is 1. The second-order valence-electron chi connectivity index (χ2n) is 5.81. The number of non-ortho nitro benzene ring substituents is 1. The van der Waals surface area contributed by atoms with Crippen molar-refractivity contribution in [3.8, 4) is 0 Å². The number of aliphatic hydroxyl groups is 1. The molecule has 0 aliphatic heterocycles. The fourth-order valence-corrected chi connectivity index (χ4v) is 1.83. The number of amides is 1. The lowest BCUT2D eigenvalue weighted by molar-refractivity contribution is -0.384. The van der Waals surface area contributed by atoms with Gasteiger partial charge in [-0.2, -0.15) is 0 Å². The summed E-state index contributed by atoms with van der Waals surface area (Å²) in [6.07, 6.45) is 0. The highest BCUT2D eigenvalue weighted by Gasteiger charge is 2.19. The summed E-state index contributed by atoms with van der Waals surface area (Å²) in [7, 11) is 0. The minimum absolute atomic E-state index is 0.0765. The smallest absolute Gasteiger partial charge is 0.341 e. The number of nitrogens with one attached hydrogen (secondary N) is 2. The first kappa shape index (κ1) is 20.4. The third-order valence-corrected chi connectivity index (χ3v) is 3.58. The lowest BCUT2D eigenvalue weighted by atomic mass is 10.1. The standard InChI is InChI=1S/C16H23N3O6/c1-10(2)11(3)18-15(21)9-25-16(22)13-8-12(19(23)24)4-5-14(13)17-6-7-20/h4-5,8,10-11,17,20H,6-7,9H2,1-3H3,(H,18,21)/t11-/m0/s1. The molecule has 0 heterocycles. The number of hydrogen-bond acceptors (Lipinski definition) is 7. The largest absolute Gasteiger partial charge is 0.452 e. The third-order valence-electron chi connectivity index (χ3n) is 3.58. The number of nitrogens with zero attached hydrogens (tertiary/aromatic N) is 1. The van der Waals surface area contributed by atoms with Crippen LogP contribution in [-0.2, 0) is 9.53 Å². The number of nitro benzene ring substituents is 1. The number of esters is 1. The number of carbonyl (C=O) groups excluding carboxylic acids is 2. The number of anilines is 1. The van der Waals surface area contributed by atoms with Gasteiger partial charge >= 0.3 is 5.97 Å². The Bertz CT molecular complexity index is 632. The molecule has 0 fully saturated rings. The van der Waals surface area contributed by atoms with Crippen molar-refractivity contribution in [2.45, 2.75) is 26.8 Å². The van der Waals surface area contributed by atoms with Crippen LogP contribution in [-0.4, -0.2) is 47.7 Å². The first-order valence-electron chi connectivity index (χ1n) is 7.86. The van der Waals surface area contributed by atoms with Crippen LogP contribution >= 0.6 is 0 Å². The van der Waals surface area contributed by atoms with Crippen molar-refractivity contribution < 1.29 is 24.4 Å². The van der Waals surface area contributed by atoms with Crippen LogP contribution in [0.5, 0.6) is 0 Å². The molecule has 1 atom stereocenters. The van der Waals surface area contributed by atoms with Crippen molar-refractivity contribution in [3.05, 3.63) is 33.9 Å². The van der Waals surface area contributed by atoms with Gasteiger partial charge in [-0.25, -0.2) is 4.79 Å². The zero-order chi connectivity index (χ0) is 19.0. The molecule has 3 N–H and O–H groups in total. The summed E-state index contributed by atoms with van der Waals surface area (Å²) in [4.78, 5) is 34.2. The minimum atomic E-state index is -0.864. The van der Waals surface area contributed by atoms with Crippen LogP contribution in [0.3, 0.4) is 0 Å². The normalized spacial score (nSPS) is 11.7. The van der Waals surface area contributed by atoms with Crippen molar-refractivity contribution in [1.29, 1.82) is 0 Å². The van der Waals surface area contributed by atoms with Crippen LogP contribution in [0, 0.1) is 16.0 Å². The average Bonchev–Trinajstić information content (AvgIpc) is 2.57. The SMILES string of the molecule is CC(C)[C@H](C)NC(=O)COC(=O)c1cc([N+](=O)[O-])ccc1NCCO. The molecule has 0 aliphatic rings. The Balaban J connectivity index is 2.82. The van der Waals surface area contributed by atoms with E-state index in [1.54, 1.807) is 0 Å². The van der Waals surface area contributed by atoms with Crippen molar-refractivity contribution in [1.82, 2.24) is 5.32 Å². The van der Waals surface area contributed by atoms with E-state index in [2.05, 4.69) is 10.6 Å². The monoisotopic (exact) mass is 353 g/mol. The topological polar surface area (TPSA) is 131 Å². The van der Waals surface area contributed by atoms with E-state index in [0.717, 1.165) is 6.07 Å². The Morgan fingerprint density at radius 2 is 2.00 bits per heavy atom. The predicted molar refractivity (Wildman–Crippen MR) is 91.4 cm³/mol. The maximum Gasteiger partial charge on any atom is 0.341 e. The van der Waals surface area contributed by atoms with Gasteiger partial charge in [0.25, 0.3) is 11.6 Å². The molecular formula is C16H23N3O6. The molecule has 0 saturated heterocycles. The first-order valence-corrected chi connectivity index (χ1v) is 7.86. The molecule has 138 valence electrons. The average molecular weight is 353 g/mol. The van der Waals surface area contributed by atoms with Gasteiger partial charge in [0.1, 0.15) is 0 Å². The number of hydrogen-bond donors (Lipinski definition) is 3. The molecule has 0 unspecified atom stereocenters. The number of ether oxygens (including phenoxy) is 1. The molecule has 0 radical (unpaired) electrons. The molecule has 1 rings (SSSR count). The predicted octanol–water partition coefficient (Wildman–Crippen LogP) is 1.32. The van der Waals surface area contributed by atoms with Crippen LogP contribution in [0.15, 0.2) is 18.2 Å². The zero-order valence-corrected chi connectivity index (χ0v) is 14.4. The van der Waals surface area contributed by atoms with Crippen LogP contribution < -0.4 is 10.6 Å². The van der Waals surface area contributed by atoms with Gasteiger partial charge < -0.3 is 20.5 Å². The van der Waals surface area contributed by atoms with Gasteiger partial charge in [-0.15, -0.1) is 0 Å². The van der Waals surface area contributed by atoms with Gasteiger partial charge in [0.05, 0.1) is 17.1 Å². The lowest BCUT2D eigenvalue weighted by Gasteiger charge is -2.17. The maximum absolute atomic E-state index is 12.2. The number of carbonyl (C=O) groups is 2. The van der Waals surface area contributed by atoms with E-state index in [9.17, 15) is 19.7 Å². The van der Waals surface area contributed by atoms with E-state index in [1.807, 2.05) is 20.8 Å². The molecule has 0 bridgehead atoms. The summed E-state index contributed by atoms with van der Waals surface area (Å²) < 4.78 is 4.95. The van der Waals surface area contributed by atoms with Crippen LogP contribution in [0.25, 0.3) is 0 Å². The highest BCUT2D eigenvalue weighted by Crippen LogP contribution is 2.23. The van der Waals surface area contributed by atoms with Crippen LogP contribution in [0.2, 0.25) is 0 Å². The summed E-state index contributed by atoms with van der Waals surface area (Å²) in [6.45, 7) is 5.21. The second-order valence-corrected chi connectivity index (χ2v) is 5.81. The third kappa shape index (κ3) is 6.38. The molecule has 0 saturated carbocycles. The molecule has 9 nitrogen and oxygen atoms in total. The molecule has 1 aromatic carbocycles. The molecule has 1 amide bonds. The Morgan fingerprint density at radius 1 is 1.32 bits per heavy atom. The van der Waals surface area contributed by atoms with Gasteiger partial charge in [-0.05, 0) is 18.9 Å². The maximum atomic E-state index is 12.2. The van der Waals surface area contributed by atoms with E-state index in [1.165, 1.54) is 12.1 Å². The number of rotatable bonds is 9. The second kappa shape index (κ2) is 9.58. The van der Waals surface area contributed by atoms with Crippen molar-refractivity contribution in [2.75, 3.05) is 25.1 Å². The minimum Gasteiger partial charge on any atom is -0.452 e. The molecule has 0 aliphatic carbocycles. The van der Waals surface area contributed by atoms with Crippen LogP contribution in [0.4, 0.5) is 11.4 Å². The van der Waals surface area contributed by atoms with Crippen molar-refractivity contribution in [3.63, 3.8) is 0 Å². The molecule has 9 heteroatoms. The van der Waals surface area contributed by atoms with Crippen molar-refractivity contribution in [2.24, 2.45) is 5.92 Å². The van der Waals surface area contributed by atoms with E-state index >= 15 is 0 Å². The lowest BCUT2D eigenvalue weighted by Crippen LogP contribution is -2.38. The number of benzene rings is 1. The summed E-state index contributed by atoms with van der Waals surface area (Å²) >= 11 is 0.